The van der Waals surface area contributed by atoms with Crippen molar-refractivity contribution in [3.05, 3.63) is 0 Å². The molecule has 0 radical (unpaired) electrons. The Bertz CT molecular complexity index is 124. The van der Waals surface area contributed by atoms with Crippen LogP contribution in [0.25, 0.3) is 0 Å². The van der Waals surface area contributed by atoms with Gasteiger partial charge in [0.25, 0.3) is 0 Å². The molecule has 0 amide bonds. The lowest BCUT2D eigenvalue weighted by Crippen LogP contribution is -2.42. The monoisotopic (exact) mass is 198 g/mol. The summed E-state index contributed by atoms with van der Waals surface area (Å²) in [5.74, 6) is 0. The fourth-order valence-electron chi connectivity index (χ4n) is 2.36. The zero-order valence-corrected chi connectivity index (χ0v) is 9.89. The van der Waals surface area contributed by atoms with Crippen molar-refractivity contribution in [2.24, 2.45) is 0 Å². The Labute approximate surface area is 89.1 Å². The number of nitrogens with zero attached hydrogens (tertiary/aromatic N) is 1. The van der Waals surface area contributed by atoms with Crippen molar-refractivity contribution >= 4 is 0 Å². The maximum absolute atomic E-state index is 3.60. The van der Waals surface area contributed by atoms with Crippen LogP contribution in [0.1, 0.15) is 46.0 Å². The standard InChI is InChI=1S/C10H20N2.C2H6/c1-2-6-11-10(5-1)9-12-7-3-4-8-12;1-2/h10-11H,1-9H2;1-2H3. The molecule has 2 heteroatoms. The van der Waals surface area contributed by atoms with Gasteiger partial charge in [0.15, 0.2) is 0 Å². The first kappa shape index (κ1) is 12.0. The molecule has 0 aliphatic carbocycles. The minimum absolute atomic E-state index is 0.803. The molecule has 14 heavy (non-hydrogen) atoms. The highest BCUT2D eigenvalue weighted by Gasteiger charge is 2.18. The van der Waals surface area contributed by atoms with E-state index in [9.17, 15) is 0 Å². The van der Waals surface area contributed by atoms with Crippen LogP contribution in [-0.4, -0.2) is 37.1 Å². The van der Waals surface area contributed by atoms with Crippen molar-refractivity contribution in [2.75, 3.05) is 26.2 Å². The molecule has 0 aromatic rings. The third-order valence-corrected chi connectivity index (χ3v) is 3.09. The number of likely N-dealkylation sites (tertiary alicyclic amines) is 1. The van der Waals surface area contributed by atoms with Crippen LogP contribution >= 0.6 is 0 Å². The summed E-state index contributed by atoms with van der Waals surface area (Å²) in [4.78, 5) is 2.61. The van der Waals surface area contributed by atoms with Crippen LogP contribution in [-0.2, 0) is 0 Å². The van der Waals surface area contributed by atoms with Gasteiger partial charge in [-0.25, -0.2) is 0 Å². The number of rotatable bonds is 2. The van der Waals surface area contributed by atoms with Gasteiger partial charge in [-0.05, 0) is 45.3 Å². The quantitative estimate of drug-likeness (QED) is 0.732. The van der Waals surface area contributed by atoms with E-state index in [2.05, 4.69) is 10.2 Å². The highest BCUT2D eigenvalue weighted by Crippen LogP contribution is 2.12. The molecule has 2 saturated heterocycles. The van der Waals surface area contributed by atoms with Crippen LogP contribution in [0, 0.1) is 0 Å². The number of hydrogen-bond acceptors (Lipinski definition) is 2. The molecular weight excluding hydrogens is 172 g/mol. The molecule has 0 aromatic carbocycles. The second kappa shape index (κ2) is 7.24. The van der Waals surface area contributed by atoms with Gasteiger partial charge in [-0.1, -0.05) is 20.3 Å². The van der Waals surface area contributed by atoms with Gasteiger partial charge in [-0.2, -0.15) is 0 Å². The summed E-state index contributed by atoms with van der Waals surface area (Å²) < 4.78 is 0. The summed E-state index contributed by atoms with van der Waals surface area (Å²) in [6, 6.07) is 0.803. The Morgan fingerprint density at radius 3 is 2.36 bits per heavy atom. The topological polar surface area (TPSA) is 15.3 Å². The number of hydrogen-bond donors (Lipinski definition) is 1. The van der Waals surface area contributed by atoms with Crippen molar-refractivity contribution in [3.63, 3.8) is 0 Å². The van der Waals surface area contributed by atoms with Crippen LogP contribution in [0.5, 0.6) is 0 Å². The molecule has 1 unspecified atom stereocenters. The first-order valence-electron chi connectivity index (χ1n) is 6.41. The van der Waals surface area contributed by atoms with E-state index < -0.39 is 0 Å². The molecule has 2 heterocycles. The normalized spacial score (nSPS) is 28.3. The predicted octanol–water partition coefficient (Wildman–Crippen LogP) is 2.25. The largest absolute Gasteiger partial charge is 0.313 e. The van der Waals surface area contributed by atoms with Crippen molar-refractivity contribution in [1.82, 2.24) is 10.2 Å². The molecule has 0 spiro atoms. The fraction of sp³-hybridized carbons (Fsp3) is 1.00. The Morgan fingerprint density at radius 2 is 1.79 bits per heavy atom. The zero-order valence-electron chi connectivity index (χ0n) is 9.89. The molecule has 84 valence electrons. The maximum Gasteiger partial charge on any atom is 0.0195 e. The maximum atomic E-state index is 3.60. The molecule has 2 nitrogen and oxygen atoms in total. The summed E-state index contributed by atoms with van der Waals surface area (Å²) in [5, 5.41) is 3.60. The van der Waals surface area contributed by atoms with Crippen LogP contribution in [0.2, 0.25) is 0 Å². The van der Waals surface area contributed by atoms with E-state index in [1.165, 1.54) is 58.3 Å². The fourth-order valence-corrected chi connectivity index (χ4v) is 2.36. The van der Waals surface area contributed by atoms with Gasteiger partial charge in [0.05, 0.1) is 0 Å². The molecule has 2 fully saturated rings. The number of piperidine rings is 1. The molecule has 2 rings (SSSR count). The van der Waals surface area contributed by atoms with Crippen LogP contribution < -0.4 is 5.32 Å². The van der Waals surface area contributed by atoms with Crippen molar-refractivity contribution < 1.29 is 0 Å². The van der Waals surface area contributed by atoms with Gasteiger partial charge in [-0.3, -0.25) is 0 Å². The first-order chi connectivity index (χ1) is 6.95. The lowest BCUT2D eigenvalue weighted by Gasteiger charge is -2.27. The molecule has 1 N–H and O–H groups in total. The van der Waals surface area contributed by atoms with Gasteiger partial charge >= 0.3 is 0 Å². The summed E-state index contributed by atoms with van der Waals surface area (Å²) in [7, 11) is 0. The minimum atomic E-state index is 0.803. The molecule has 2 aliphatic rings. The van der Waals surface area contributed by atoms with Gasteiger partial charge in [0.2, 0.25) is 0 Å². The SMILES string of the molecule is C1CCC(CN2CCCC2)NC1.CC. The Hall–Kier alpha value is -0.0800. The van der Waals surface area contributed by atoms with Crippen molar-refractivity contribution in [2.45, 2.75) is 52.0 Å². The van der Waals surface area contributed by atoms with E-state index in [1.54, 1.807) is 0 Å². The smallest absolute Gasteiger partial charge is 0.0195 e. The Morgan fingerprint density at radius 1 is 1.07 bits per heavy atom. The number of nitrogens with one attached hydrogen (secondary N) is 1. The van der Waals surface area contributed by atoms with Gasteiger partial charge < -0.3 is 10.2 Å². The highest BCUT2D eigenvalue weighted by atomic mass is 15.2. The second-order valence-corrected chi connectivity index (χ2v) is 4.15. The lowest BCUT2D eigenvalue weighted by atomic mass is 10.0. The van der Waals surface area contributed by atoms with Crippen molar-refractivity contribution in [1.29, 1.82) is 0 Å². The zero-order chi connectivity index (χ0) is 10.2. The molecule has 0 bridgehead atoms. The van der Waals surface area contributed by atoms with E-state index in [4.69, 9.17) is 0 Å². The third-order valence-electron chi connectivity index (χ3n) is 3.09. The van der Waals surface area contributed by atoms with E-state index >= 15 is 0 Å². The molecule has 2 aliphatic heterocycles. The van der Waals surface area contributed by atoms with E-state index in [0.717, 1.165) is 6.04 Å². The molecule has 0 aromatic heterocycles. The van der Waals surface area contributed by atoms with E-state index in [0.29, 0.717) is 0 Å². The lowest BCUT2D eigenvalue weighted by molar-refractivity contribution is 0.263. The first-order valence-corrected chi connectivity index (χ1v) is 6.41. The Balaban J connectivity index is 0.000000461. The Kier molecular flexibility index (Phi) is 6.20. The van der Waals surface area contributed by atoms with Crippen LogP contribution in [0.15, 0.2) is 0 Å². The predicted molar refractivity (Wildman–Crippen MR) is 62.7 cm³/mol. The van der Waals surface area contributed by atoms with E-state index in [1.807, 2.05) is 13.8 Å². The van der Waals surface area contributed by atoms with Crippen molar-refractivity contribution in [3.8, 4) is 0 Å². The van der Waals surface area contributed by atoms with E-state index in [-0.39, 0.29) is 0 Å². The molecule has 1 atom stereocenters. The van der Waals surface area contributed by atoms with Gasteiger partial charge in [-0.15, -0.1) is 0 Å². The third kappa shape index (κ3) is 3.97. The highest BCUT2D eigenvalue weighted by molar-refractivity contribution is 4.78. The van der Waals surface area contributed by atoms with Crippen LogP contribution in [0.4, 0.5) is 0 Å². The minimum Gasteiger partial charge on any atom is -0.313 e. The second-order valence-electron chi connectivity index (χ2n) is 4.15. The van der Waals surface area contributed by atoms with Gasteiger partial charge in [0.1, 0.15) is 0 Å². The van der Waals surface area contributed by atoms with Crippen LogP contribution in [0.3, 0.4) is 0 Å². The summed E-state index contributed by atoms with van der Waals surface area (Å²) >= 11 is 0. The summed E-state index contributed by atoms with van der Waals surface area (Å²) in [6.07, 6.45) is 7.07. The average Bonchev–Trinajstić information content (AvgIpc) is 2.75. The average molecular weight is 198 g/mol. The summed E-state index contributed by atoms with van der Waals surface area (Å²) in [6.45, 7) is 9.24. The molecule has 0 saturated carbocycles. The summed E-state index contributed by atoms with van der Waals surface area (Å²) in [5.41, 5.74) is 0. The molecular formula is C12H26N2. The van der Waals surface area contributed by atoms with Gasteiger partial charge in [0, 0.05) is 12.6 Å².